The Morgan fingerprint density at radius 1 is 1.35 bits per heavy atom. The maximum atomic E-state index is 12.2. The van der Waals surface area contributed by atoms with Crippen LogP contribution in [0.5, 0.6) is 0 Å². The number of ether oxygens (including phenoxy) is 1. The molecule has 0 saturated carbocycles. The zero-order valence-corrected chi connectivity index (χ0v) is 16.0. The van der Waals surface area contributed by atoms with Gasteiger partial charge >= 0.3 is 0 Å². The molecule has 140 valence electrons. The number of carbonyl (C=O) groups is 1. The molecule has 2 aromatic heterocycles. The molecule has 8 heteroatoms. The summed E-state index contributed by atoms with van der Waals surface area (Å²) in [6.45, 7) is 7.36. The molecule has 1 amide bonds. The van der Waals surface area contributed by atoms with E-state index < -0.39 is 0 Å². The van der Waals surface area contributed by atoms with Crippen molar-refractivity contribution in [2.45, 2.75) is 26.1 Å². The van der Waals surface area contributed by atoms with Crippen molar-refractivity contribution >= 4 is 23.5 Å². The minimum atomic E-state index is 0.0125. The molecule has 1 aliphatic rings. The molecule has 1 aliphatic heterocycles. The number of carbonyl (C=O) groups excluding carboxylic acids is 1. The van der Waals surface area contributed by atoms with E-state index in [4.69, 9.17) is 9.26 Å². The van der Waals surface area contributed by atoms with Crippen molar-refractivity contribution in [3.8, 4) is 0 Å². The summed E-state index contributed by atoms with van der Waals surface area (Å²) in [6.07, 6.45) is 1.79. The van der Waals surface area contributed by atoms with Crippen molar-refractivity contribution in [1.82, 2.24) is 15.5 Å². The van der Waals surface area contributed by atoms with Gasteiger partial charge in [-0.1, -0.05) is 11.2 Å². The molecule has 3 rings (SSSR count). The third kappa shape index (κ3) is 4.76. The average Bonchev–Trinajstić information content (AvgIpc) is 2.99. The summed E-state index contributed by atoms with van der Waals surface area (Å²) in [5.74, 6) is 2.89. The predicted octanol–water partition coefficient (Wildman–Crippen LogP) is 2.07. The van der Waals surface area contributed by atoms with Crippen LogP contribution in [0.3, 0.4) is 0 Å². The van der Waals surface area contributed by atoms with E-state index in [1.165, 1.54) is 0 Å². The van der Waals surface area contributed by atoms with Gasteiger partial charge < -0.3 is 19.5 Å². The molecule has 1 N–H and O–H groups in total. The van der Waals surface area contributed by atoms with Crippen LogP contribution in [0.25, 0.3) is 0 Å². The first-order chi connectivity index (χ1) is 12.6. The molecule has 0 spiro atoms. The van der Waals surface area contributed by atoms with Crippen LogP contribution in [0, 0.1) is 13.8 Å². The summed E-state index contributed by atoms with van der Waals surface area (Å²) >= 11 is 1.56. The zero-order valence-electron chi connectivity index (χ0n) is 15.2. The largest absolute Gasteiger partial charge is 0.378 e. The van der Waals surface area contributed by atoms with E-state index in [-0.39, 0.29) is 5.91 Å². The van der Waals surface area contributed by atoms with Gasteiger partial charge in [-0.25, -0.2) is 4.98 Å². The molecule has 7 nitrogen and oxygen atoms in total. The second-order valence-electron chi connectivity index (χ2n) is 6.16. The van der Waals surface area contributed by atoms with Crippen LogP contribution in [-0.4, -0.2) is 48.1 Å². The molecule has 0 aliphatic carbocycles. The number of rotatable bonds is 7. The highest BCUT2D eigenvalue weighted by Gasteiger charge is 2.16. The summed E-state index contributed by atoms with van der Waals surface area (Å²) < 4.78 is 10.5. The lowest BCUT2D eigenvalue weighted by molar-refractivity contribution is -0.118. The summed E-state index contributed by atoms with van der Waals surface area (Å²) in [6, 6.07) is 3.91. The summed E-state index contributed by atoms with van der Waals surface area (Å²) in [5.41, 5.74) is 2.99. The molecule has 2 aromatic rings. The Hall–Kier alpha value is -2.06. The van der Waals surface area contributed by atoms with Gasteiger partial charge in [0.25, 0.3) is 0 Å². The van der Waals surface area contributed by atoms with Crippen molar-refractivity contribution in [2.75, 3.05) is 37.0 Å². The normalized spacial score (nSPS) is 14.5. The van der Waals surface area contributed by atoms with Crippen LogP contribution in [-0.2, 0) is 21.8 Å². The van der Waals surface area contributed by atoms with Gasteiger partial charge in [-0.15, -0.1) is 11.8 Å². The molecule has 0 radical (unpaired) electrons. The maximum absolute atomic E-state index is 12.2. The second-order valence-corrected chi connectivity index (χ2v) is 7.14. The topological polar surface area (TPSA) is 80.5 Å². The number of thioether (sulfide) groups is 1. The Bertz CT molecular complexity index is 724. The number of amides is 1. The first kappa shape index (κ1) is 18.7. The summed E-state index contributed by atoms with van der Waals surface area (Å²) in [5, 5.41) is 6.93. The van der Waals surface area contributed by atoms with Gasteiger partial charge in [0.1, 0.15) is 11.6 Å². The summed E-state index contributed by atoms with van der Waals surface area (Å²) in [7, 11) is 0. The van der Waals surface area contributed by atoms with Gasteiger partial charge in [0.15, 0.2) is 0 Å². The number of pyridine rings is 1. The summed E-state index contributed by atoms with van der Waals surface area (Å²) in [4.78, 5) is 18.9. The number of aryl methyl sites for hydroxylation is 2. The highest BCUT2D eigenvalue weighted by Crippen LogP contribution is 2.20. The zero-order chi connectivity index (χ0) is 18.4. The number of nitrogens with zero attached hydrogens (tertiary/aromatic N) is 3. The lowest BCUT2D eigenvalue weighted by Gasteiger charge is -2.29. The number of hydrogen-bond donors (Lipinski definition) is 1. The molecule has 0 unspecified atom stereocenters. The molecule has 26 heavy (non-hydrogen) atoms. The molecular weight excluding hydrogens is 352 g/mol. The van der Waals surface area contributed by atoms with Crippen LogP contribution >= 0.6 is 11.8 Å². The minimum Gasteiger partial charge on any atom is -0.378 e. The van der Waals surface area contributed by atoms with Crippen molar-refractivity contribution in [1.29, 1.82) is 0 Å². The Morgan fingerprint density at radius 3 is 2.88 bits per heavy atom. The van der Waals surface area contributed by atoms with Crippen molar-refractivity contribution in [2.24, 2.45) is 0 Å². The van der Waals surface area contributed by atoms with E-state index in [2.05, 4.69) is 20.4 Å². The highest BCUT2D eigenvalue weighted by molar-refractivity contribution is 7.99. The molecule has 3 heterocycles. The molecule has 1 fully saturated rings. The smallest absolute Gasteiger partial charge is 0.230 e. The predicted molar refractivity (Wildman–Crippen MR) is 101 cm³/mol. The van der Waals surface area contributed by atoms with Gasteiger partial charge in [-0.05, 0) is 19.9 Å². The van der Waals surface area contributed by atoms with Crippen LogP contribution in [0.4, 0.5) is 5.82 Å². The number of nitrogens with one attached hydrogen (secondary N) is 1. The van der Waals surface area contributed by atoms with Crippen LogP contribution < -0.4 is 10.2 Å². The van der Waals surface area contributed by atoms with E-state index in [1.54, 1.807) is 18.0 Å². The Labute approximate surface area is 157 Å². The highest BCUT2D eigenvalue weighted by atomic mass is 32.2. The standard InChI is InChI=1S/C18H24N4O3S/c1-13-16(14(2)25-21-13)11-26-12-17(23)20-10-15-4-3-5-19-18(15)22-6-8-24-9-7-22/h3-5H,6-12H2,1-2H3,(H,20,23). The van der Waals surface area contributed by atoms with Gasteiger partial charge in [0, 0.05) is 42.7 Å². The van der Waals surface area contributed by atoms with Crippen LogP contribution in [0.2, 0.25) is 0 Å². The van der Waals surface area contributed by atoms with Gasteiger partial charge in [0.2, 0.25) is 5.91 Å². The lowest BCUT2D eigenvalue weighted by Crippen LogP contribution is -2.38. The van der Waals surface area contributed by atoms with Crippen LogP contribution in [0.1, 0.15) is 22.6 Å². The lowest BCUT2D eigenvalue weighted by atomic mass is 10.2. The van der Waals surface area contributed by atoms with Crippen molar-refractivity contribution in [3.63, 3.8) is 0 Å². The van der Waals surface area contributed by atoms with Gasteiger partial charge in [-0.2, -0.15) is 0 Å². The van der Waals surface area contributed by atoms with E-state index in [1.807, 2.05) is 26.0 Å². The molecule has 0 atom stereocenters. The first-order valence-corrected chi connectivity index (χ1v) is 9.83. The first-order valence-electron chi connectivity index (χ1n) is 8.68. The van der Waals surface area contributed by atoms with Gasteiger partial charge in [-0.3, -0.25) is 4.79 Å². The Balaban J connectivity index is 1.48. The fourth-order valence-corrected chi connectivity index (χ4v) is 3.83. The second kappa shape index (κ2) is 9.05. The molecule has 0 bridgehead atoms. The molecule has 0 aromatic carbocycles. The number of morpholine rings is 1. The number of anilines is 1. The quantitative estimate of drug-likeness (QED) is 0.792. The SMILES string of the molecule is Cc1noc(C)c1CSCC(=O)NCc1cccnc1N1CCOCC1. The Morgan fingerprint density at radius 2 is 2.15 bits per heavy atom. The minimum absolute atomic E-state index is 0.0125. The van der Waals surface area contributed by atoms with Crippen LogP contribution in [0.15, 0.2) is 22.9 Å². The van der Waals surface area contributed by atoms with E-state index in [9.17, 15) is 4.79 Å². The monoisotopic (exact) mass is 376 g/mol. The third-order valence-electron chi connectivity index (χ3n) is 4.31. The third-order valence-corrected chi connectivity index (χ3v) is 5.27. The van der Waals surface area contributed by atoms with Gasteiger partial charge in [0.05, 0.1) is 24.7 Å². The number of aromatic nitrogens is 2. The fraction of sp³-hybridized carbons (Fsp3) is 0.500. The molecule has 1 saturated heterocycles. The maximum Gasteiger partial charge on any atom is 0.230 e. The average molecular weight is 376 g/mol. The Kier molecular flexibility index (Phi) is 6.51. The van der Waals surface area contributed by atoms with Crippen molar-refractivity contribution < 1.29 is 14.1 Å². The van der Waals surface area contributed by atoms with E-state index in [0.29, 0.717) is 25.5 Å². The van der Waals surface area contributed by atoms with E-state index >= 15 is 0 Å². The molecular formula is C18H24N4O3S. The van der Waals surface area contributed by atoms with Crippen molar-refractivity contribution in [3.05, 3.63) is 40.9 Å². The number of hydrogen-bond acceptors (Lipinski definition) is 7. The fourth-order valence-electron chi connectivity index (χ4n) is 2.83. The van der Waals surface area contributed by atoms with E-state index in [0.717, 1.165) is 47.2 Å².